The zero-order chi connectivity index (χ0) is 14.4. The minimum atomic E-state index is 0.303. The Hall–Kier alpha value is -1.03. The lowest BCUT2D eigenvalue weighted by Gasteiger charge is -2.14. The van der Waals surface area contributed by atoms with E-state index in [1.165, 1.54) is 11.1 Å². The van der Waals surface area contributed by atoms with Crippen LogP contribution in [0.4, 0.5) is 0 Å². The van der Waals surface area contributed by atoms with Crippen LogP contribution in [0.2, 0.25) is 5.02 Å². The predicted molar refractivity (Wildman–Crippen MR) is 87.1 cm³/mol. The van der Waals surface area contributed by atoms with Crippen molar-refractivity contribution in [2.75, 3.05) is 13.2 Å². The molecule has 1 atom stereocenters. The van der Waals surface area contributed by atoms with Crippen LogP contribution in [0.3, 0.4) is 0 Å². The first kappa shape index (κ1) is 15.4. The molecule has 0 saturated carbocycles. The van der Waals surface area contributed by atoms with Crippen LogP contribution in [0.5, 0.6) is 5.75 Å². The summed E-state index contributed by atoms with van der Waals surface area (Å²) < 4.78 is 5.76. The van der Waals surface area contributed by atoms with Gasteiger partial charge in [0.2, 0.25) is 0 Å². The number of benzene rings is 1. The maximum Gasteiger partial charge on any atom is 0.137 e. The second-order valence-corrected chi connectivity index (χ2v) is 5.89. The van der Waals surface area contributed by atoms with Crippen molar-refractivity contribution in [1.82, 2.24) is 5.32 Å². The molecule has 0 radical (unpaired) electrons. The fourth-order valence-corrected chi connectivity index (χ4v) is 2.99. The van der Waals surface area contributed by atoms with E-state index < -0.39 is 0 Å². The molecule has 2 aromatic rings. The van der Waals surface area contributed by atoms with Gasteiger partial charge in [0.25, 0.3) is 0 Å². The van der Waals surface area contributed by atoms with E-state index in [4.69, 9.17) is 16.3 Å². The van der Waals surface area contributed by atoms with Crippen LogP contribution >= 0.6 is 22.9 Å². The van der Waals surface area contributed by atoms with E-state index >= 15 is 0 Å². The van der Waals surface area contributed by atoms with Gasteiger partial charge in [-0.3, -0.25) is 0 Å². The van der Waals surface area contributed by atoms with Crippen molar-refractivity contribution in [3.05, 3.63) is 51.2 Å². The second-order valence-electron chi connectivity index (χ2n) is 4.70. The molecule has 1 heterocycles. The van der Waals surface area contributed by atoms with Crippen LogP contribution in [0.1, 0.15) is 31.0 Å². The second kappa shape index (κ2) is 7.67. The van der Waals surface area contributed by atoms with Gasteiger partial charge in [-0.25, -0.2) is 0 Å². The largest absolute Gasteiger partial charge is 0.492 e. The highest BCUT2D eigenvalue weighted by atomic mass is 35.5. The average molecular weight is 310 g/mol. The van der Waals surface area contributed by atoms with E-state index in [9.17, 15) is 0 Å². The Bertz CT molecular complexity index is 527. The molecule has 0 aliphatic heterocycles. The van der Waals surface area contributed by atoms with Crippen LogP contribution < -0.4 is 10.1 Å². The normalized spacial score (nSPS) is 12.3. The molecule has 1 aromatic carbocycles. The lowest BCUT2D eigenvalue weighted by molar-refractivity contribution is 0.322. The van der Waals surface area contributed by atoms with Crippen molar-refractivity contribution < 1.29 is 4.74 Å². The number of halogens is 1. The Morgan fingerprint density at radius 1 is 1.35 bits per heavy atom. The third-order valence-corrected chi connectivity index (χ3v) is 4.22. The van der Waals surface area contributed by atoms with Gasteiger partial charge in [0.1, 0.15) is 5.75 Å². The van der Waals surface area contributed by atoms with Crippen molar-refractivity contribution in [2.24, 2.45) is 0 Å². The van der Waals surface area contributed by atoms with Gasteiger partial charge >= 0.3 is 0 Å². The fraction of sp³-hybridized carbons (Fsp3) is 0.375. The smallest absolute Gasteiger partial charge is 0.137 e. The van der Waals surface area contributed by atoms with Crippen molar-refractivity contribution in [1.29, 1.82) is 0 Å². The predicted octanol–water partition coefficient (Wildman–Crippen LogP) is 4.69. The van der Waals surface area contributed by atoms with Gasteiger partial charge in [-0.05, 0) is 53.6 Å². The molecule has 4 heteroatoms. The maximum absolute atomic E-state index is 6.28. The topological polar surface area (TPSA) is 21.3 Å². The van der Waals surface area contributed by atoms with Crippen LogP contribution in [0.15, 0.2) is 35.0 Å². The van der Waals surface area contributed by atoms with Gasteiger partial charge in [-0.2, -0.15) is 11.3 Å². The molecule has 1 N–H and O–H groups in total. The number of rotatable bonds is 7. The summed E-state index contributed by atoms with van der Waals surface area (Å²) in [6, 6.07) is 8.43. The highest BCUT2D eigenvalue weighted by Crippen LogP contribution is 2.28. The van der Waals surface area contributed by atoms with Gasteiger partial charge < -0.3 is 10.1 Å². The quantitative estimate of drug-likeness (QED) is 0.801. The van der Waals surface area contributed by atoms with Crippen molar-refractivity contribution in [3.8, 4) is 5.75 Å². The Kier molecular flexibility index (Phi) is 5.89. The lowest BCUT2D eigenvalue weighted by atomic mass is 10.1. The first-order chi connectivity index (χ1) is 9.70. The van der Waals surface area contributed by atoms with Crippen molar-refractivity contribution >= 4 is 22.9 Å². The van der Waals surface area contributed by atoms with E-state index in [0.29, 0.717) is 17.7 Å². The van der Waals surface area contributed by atoms with Gasteiger partial charge in [0, 0.05) is 12.5 Å². The summed E-state index contributed by atoms with van der Waals surface area (Å²) in [6.45, 7) is 5.82. The third-order valence-electron chi connectivity index (χ3n) is 3.19. The van der Waals surface area contributed by atoms with Crippen LogP contribution in [0.25, 0.3) is 0 Å². The summed E-state index contributed by atoms with van der Waals surface area (Å²) in [5, 5.41) is 8.28. The average Bonchev–Trinajstić information content (AvgIpc) is 2.94. The minimum Gasteiger partial charge on any atom is -0.492 e. The third kappa shape index (κ3) is 4.23. The number of nitrogens with one attached hydrogen (secondary N) is 1. The molecule has 2 nitrogen and oxygen atoms in total. The molecule has 0 bridgehead atoms. The van der Waals surface area contributed by atoms with Gasteiger partial charge in [0.05, 0.1) is 11.6 Å². The molecule has 0 aliphatic rings. The number of ether oxygens (including phenoxy) is 1. The Morgan fingerprint density at radius 2 is 2.20 bits per heavy atom. The first-order valence-electron chi connectivity index (χ1n) is 6.87. The van der Waals surface area contributed by atoms with Crippen molar-refractivity contribution in [2.45, 2.75) is 26.3 Å². The summed E-state index contributed by atoms with van der Waals surface area (Å²) >= 11 is 7.99. The SMILES string of the molecule is CCNC(C)c1ccc(OCCc2ccsc2)c(Cl)c1. The van der Waals surface area contributed by atoms with E-state index in [0.717, 1.165) is 18.7 Å². The lowest BCUT2D eigenvalue weighted by Crippen LogP contribution is -2.17. The highest BCUT2D eigenvalue weighted by molar-refractivity contribution is 7.07. The molecule has 0 amide bonds. The molecule has 0 aliphatic carbocycles. The number of thiophene rings is 1. The monoisotopic (exact) mass is 309 g/mol. The first-order valence-corrected chi connectivity index (χ1v) is 8.19. The molecular weight excluding hydrogens is 290 g/mol. The van der Waals surface area contributed by atoms with Crippen LogP contribution in [-0.2, 0) is 6.42 Å². The number of hydrogen-bond acceptors (Lipinski definition) is 3. The molecule has 1 unspecified atom stereocenters. The zero-order valence-electron chi connectivity index (χ0n) is 11.9. The maximum atomic E-state index is 6.28. The molecule has 108 valence electrons. The summed E-state index contributed by atoms with van der Waals surface area (Å²) in [4.78, 5) is 0. The molecule has 2 rings (SSSR count). The van der Waals surface area contributed by atoms with E-state index in [-0.39, 0.29) is 0 Å². The van der Waals surface area contributed by atoms with Crippen LogP contribution in [0, 0.1) is 0 Å². The Labute approximate surface area is 129 Å². The molecular formula is C16H20ClNOS. The van der Waals surface area contributed by atoms with Gasteiger partial charge in [-0.15, -0.1) is 0 Å². The van der Waals surface area contributed by atoms with E-state index in [1.54, 1.807) is 11.3 Å². The minimum absolute atomic E-state index is 0.303. The Morgan fingerprint density at radius 3 is 2.85 bits per heavy atom. The summed E-state index contributed by atoms with van der Waals surface area (Å²) in [5.74, 6) is 0.759. The molecule has 1 aromatic heterocycles. The standard InChI is InChI=1S/C16H20ClNOS/c1-3-18-12(2)14-4-5-16(15(17)10-14)19-8-6-13-7-9-20-11-13/h4-5,7,9-12,18H,3,6,8H2,1-2H3. The highest BCUT2D eigenvalue weighted by Gasteiger charge is 2.08. The van der Waals surface area contributed by atoms with Crippen molar-refractivity contribution in [3.63, 3.8) is 0 Å². The van der Waals surface area contributed by atoms with Gasteiger partial charge in [0.15, 0.2) is 0 Å². The van der Waals surface area contributed by atoms with E-state index in [2.05, 4.69) is 42.1 Å². The molecule has 20 heavy (non-hydrogen) atoms. The summed E-state index contributed by atoms with van der Waals surface area (Å²) in [6.07, 6.45) is 0.912. The Balaban J connectivity index is 1.92. The summed E-state index contributed by atoms with van der Waals surface area (Å²) in [7, 11) is 0. The van der Waals surface area contributed by atoms with E-state index in [1.807, 2.05) is 12.1 Å². The molecule has 0 spiro atoms. The molecule has 0 saturated heterocycles. The van der Waals surface area contributed by atoms with Gasteiger partial charge in [-0.1, -0.05) is 24.6 Å². The van der Waals surface area contributed by atoms with Crippen LogP contribution in [-0.4, -0.2) is 13.2 Å². The zero-order valence-corrected chi connectivity index (χ0v) is 13.4. The fourth-order valence-electron chi connectivity index (χ4n) is 2.04. The molecule has 0 fully saturated rings. The number of hydrogen-bond donors (Lipinski definition) is 1. The summed E-state index contributed by atoms with van der Waals surface area (Å²) in [5.41, 5.74) is 2.49.